The molecule has 1 N–H and O–H groups in total. The van der Waals surface area contributed by atoms with Gasteiger partial charge in [0.25, 0.3) is 0 Å². The Morgan fingerprint density at radius 3 is 2.60 bits per heavy atom. The lowest BCUT2D eigenvalue weighted by molar-refractivity contribution is 0.122. The molecule has 3 rings (SSSR count). The molecule has 0 aliphatic heterocycles. The Labute approximate surface area is 130 Å². The van der Waals surface area contributed by atoms with Crippen molar-refractivity contribution in [1.82, 2.24) is 15.0 Å². The van der Waals surface area contributed by atoms with Crippen LogP contribution in [0.15, 0.2) is 12.4 Å². The van der Waals surface area contributed by atoms with Crippen molar-refractivity contribution in [2.75, 3.05) is 0 Å². The van der Waals surface area contributed by atoms with E-state index in [1.807, 2.05) is 0 Å². The minimum absolute atomic E-state index is 0.152. The Morgan fingerprint density at radius 2 is 1.85 bits per heavy atom. The number of hydrogen-bond acceptors (Lipinski definition) is 5. The number of aliphatic hydroxyl groups excluding tert-OH is 1. The van der Waals surface area contributed by atoms with Crippen LogP contribution in [0.4, 0.5) is 0 Å². The minimum Gasteiger partial charge on any atom is -0.393 e. The van der Waals surface area contributed by atoms with E-state index in [0.717, 1.165) is 35.6 Å². The highest BCUT2D eigenvalue weighted by atomic mass is 35.5. The minimum atomic E-state index is -0.152. The maximum Gasteiger partial charge on any atom is 0.223 e. The molecule has 106 valence electrons. The van der Waals surface area contributed by atoms with Crippen LogP contribution in [0.5, 0.6) is 0 Å². The van der Waals surface area contributed by atoms with Gasteiger partial charge < -0.3 is 5.11 Å². The third-order valence-corrected chi connectivity index (χ3v) is 5.14. The molecule has 0 bridgehead atoms. The topological polar surface area (TPSA) is 58.9 Å². The van der Waals surface area contributed by atoms with Crippen LogP contribution in [0.2, 0.25) is 10.3 Å². The number of hydrogen-bond donors (Lipinski definition) is 1. The lowest BCUT2D eigenvalue weighted by Gasteiger charge is -2.23. The van der Waals surface area contributed by atoms with Gasteiger partial charge in [-0.25, -0.2) is 15.0 Å². The number of halogens is 2. The second kappa shape index (κ2) is 5.93. The van der Waals surface area contributed by atoms with E-state index in [-0.39, 0.29) is 11.4 Å². The van der Waals surface area contributed by atoms with E-state index < -0.39 is 0 Å². The van der Waals surface area contributed by atoms with E-state index in [0.29, 0.717) is 16.6 Å². The van der Waals surface area contributed by atoms with Crippen molar-refractivity contribution in [3.8, 4) is 10.6 Å². The summed E-state index contributed by atoms with van der Waals surface area (Å²) in [5, 5.41) is 11.3. The third kappa shape index (κ3) is 2.96. The van der Waals surface area contributed by atoms with Gasteiger partial charge >= 0.3 is 0 Å². The Bertz CT molecular complexity index is 611. The largest absolute Gasteiger partial charge is 0.393 e. The van der Waals surface area contributed by atoms with Crippen molar-refractivity contribution in [1.29, 1.82) is 0 Å². The van der Waals surface area contributed by atoms with E-state index in [4.69, 9.17) is 23.2 Å². The van der Waals surface area contributed by atoms with Gasteiger partial charge in [0, 0.05) is 12.1 Å². The maximum atomic E-state index is 9.56. The molecule has 1 aliphatic rings. The highest BCUT2D eigenvalue weighted by Gasteiger charge is 2.23. The van der Waals surface area contributed by atoms with Crippen LogP contribution in [0.25, 0.3) is 10.6 Å². The summed E-state index contributed by atoms with van der Waals surface area (Å²) in [6, 6.07) is 0. The summed E-state index contributed by atoms with van der Waals surface area (Å²) in [7, 11) is 0. The third-order valence-electron chi connectivity index (χ3n) is 3.52. The van der Waals surface area contributed by atoms with Gasteiger partial charge in [0.2, 0.25) is 5.28 Å². The van der Waals surface area contributed by atoms with E-state index in [1.54, 1.807) is 17.5 Å². The van der Waals surface area contributed by atoms with Crippen LogP contribution in [-0.2, 0) is 0 Å². The van der Waals surface area contributed by atoms with E-state index in [9.17, 15) is 5.11 Å². The summed E-state index contributed by atoms with van der Waals surface area (Å²) in [6.45, 7) is 0. The van der Waals surface area contributed by atoms with Gasteiger partial charge in [0.05, 0.1) is 27.2 Å². The first-order valence-electron chi connectivity index (χ1n) is 6.45. The normalized spacial score (nSPS) is 22.9. The predicted molar refractivity (Wildman–Crippen MR) is 80.4 cm³/mol. The molecule has 7 heteroatoms. The zero-order valence-electron chi connectivity index (χ0n) is 10.6. The van der Waals surface area contributed by atoms with E-state index in [2.05, 4.69) is 15.0 Å². The average molecular weight is 330 g/mol. The fourth-order valence-electron chi connectivity index (χ4n) is 2.43. The predicted octanol–water partition coefficient (Wildman–Crippen LogP) is 3.93. The zero-order chi connectivity index (χ0) is 14.1. The quantitative estimate of drug-likeness (QED) is 0.848. The maximum absolute atomic E-state index is 9.56. The molecule has 1 aliphatic carbocycles. The van der Waals surface area contributed by atoms with Gasteiger partial charge in [0.15, 0.2) is 0 Å². The number of thiazole rings is 1. The first kappa shape index (κ1) is 14.2. The highest BCUT2D eigenvalue weighted by molar-refractivity contribution is 7.15. The molecule has 20 heavy (non-hydrogen) atoms. The van der Waals surface area contributed by atoms with Crippen molar-refractivity contribution in [3.63, 3.8) is 0 Å². The van der Waals surface area contributed by atoms with Gasteiger partial charge in [0.1, 0.15) is 5.69 Å². The molecule has 0 atom stereocenters. The smallest absolute Gasteiger partial charge is 0.223 e. The van der Waals surface area contributed by atoms with Crippen molar-refractivity contribution in [2.45, 2.75) is 37.7 Å². The fraction of sp³-hybridized carbons (Fsp3) is 0.462. The summed E-state index contributed by atoms with van der Waals surface area (Å²) in [6.07, 6.45) is 6.79. The Balaban J connectivity index is 1.85. The number of rotatable bonds is 2. The summed E-state index contributed by atoms with van der Waals surface area (Å²) >= 11 is 13.5. The molecule has 2 heterocycles. The lowest BCUT2D eigenvalue weighted by atomic mass is 9.88. The summed E-state index contributed by atoms with van der Waals surface area (Å²) in [5.41, 5.74) is 0.631. The number of aliphatic hydroxyl groups is 1. The highest BCUT2D eigenvalue weighted by Crippen LogP contribution is 2.38. The molecule has 2 aromatic heterocycles. The molecule has 0 radical (unpaired) electrons. The molecule has 1 fully saturated rings. The van der Waals surface area contributed by atoms with E-state index in [1.165, 1.54) is 6.20 Å². The summed E-state index contributed by atoms with van der Waals surface area (Å²) in [5.74, 6) is 0.424. The molecular formula is C13H13Cl2N3OS. The van der Waals surface area contributed by atoms with Gasteiger partial charge in [-0.3, -0.25) is 0 Å². The fourth-order valence-corrected chi connectivity index (χ4v) is 3.90. The van der Waals surface area contributed by atoms with Crippen LogP contribution in [0.3, 0.4) is 0 Å². The molecule has 4 nitrogen and oxygen atoms in total. The van der Waals surface area contributed by atoms with Crippen molar-refractivity contribution in [2.24, 2.45) is 0 Å². The number of aromatic nitrogens is 3. The van der Waals surface area contributed by atoms with Gasteiger partial charge in [-0.05, 0) is 37.3 Å². The first-order chi connectivity index (χ1) is 9.63. The Kier molecular flexibility index (Phi) is 4.21. The molecular weight excluding hydrogens is 317 g/mol. The van der Waals surface area contributed by atoms with Crippen LogP contribution >= 0.6 is 34.5 Å². The number of nitrogens with zero attached hydrogens (tertiary/aromatic N) is 3. The van der Waals surface area contributed by atoms with Crippen LogP contribution < -0.4 is 0 Å². The average Bonchev–Trinajstić information content (AvgIpc) is 2.92. The van der Waals surface area contributed by atoms with Crippen molar-refractivity contribution >= 4 is 34.5 Å². The summed E-state index contributed by atoms with van der Waals surface area (Å²) in [4.78, 5) is 13.4. The molecule has 1 saturated carbocycles. The summed E-state index contributed by atoms with van der Waals surface area (Å²) < 4.78 is 0. The van der Waals surface area contributed by atoms with Gasteiger partial charge in [-0.1, -0.05) is 11.6 Å². The Morgan fingerprint density at radius 1 is 1.10 bits per heavy atom. The molecule has 0 spiro atoms. The molecule has 0 amide bonds. The second-order valence-corrected chi connectivity index (χ2v) is 6.71. The van der Waals surface area contributed by atoms with Crippen molar-refractivity contribution < 1.29 is 5.11 Å². The van der Waals surface area contributed by atoms with Gasteiger partial charge in [-0.2, -0.15) is 0 Å². The van der Waals surface area contributed by atoms with Crippen LogP contribution in [-0.4, -0.2) is 26.2 Å². The Hall–Kier alpha value is -0.750. The second-order valence-electron chi connectivity index (χ2n) is 4.90. The molecule has 0 unspecified atom stereocenters. The first-order valence-corrected chi connectivity index (χ1v) is 8.03. The van der Waals surface area contributed by atoms with Crippen molar-refractivity contribution in [3.05, 3.63) is 27.7 Å². The lowest BCUT2D eigenvalue weighted by Crippen LogP contribution is -2.16. The zero-order valence-corrected chi connectivity index (χ0v) is 12.9. The SMILES string of the molecule is OC1CCC(c2ncc(-c3nc(Cl)ncc3Cl)s2)CC1. The molecule has 2 aromatic rings. The van der Waals surface area contributed by atoms with Crippen LogP contribution in [0, 0.1) is 0 Å². The van der Waals surface area contributed by atoms with E-state index >= 15 is 0 Å². The standard InChI is InChI=1S/C13H13Cl2N3OS/c14-9-5-17-13(15)18-11(9)10-6-16-12(20-10)7-1-3-8(19)4-2-7/h5-8,19H,1-4H2. The van der Waals surface area contributed by atoms with Gasteiger partial charge in [-0.15, -0.1) is 11.3 Å². The van der Waals surface area contributed by atoms with Crippen LogP contribution in [0.1, 0.15) is 36.6 Å². The molecule has 0 aromatic carbocycles. The molecule has 0 saturated heterocycles. The monoisotopic (exact) mass is 329 g/mol.